The van der Waals surface area contributed by atoms with Gasteiger partial charge in [0, 0.05) is 57.7 Å². The average Bonchev–Trinajstić information content (AvgIpc) is 3.02. The first kappa shape index (κ1) is 18.0. The molecule has 136 valence electrons. The van der Waals surface area contributed by atoms with Crippen LogP contribution in [-0.2, 0) is 20.1 Å². The van der Waals surface area contributed by atoms with Gasteiger partial charge in [-0.1, -0.05) is 31.5 Å². The molecule has 0 radical (unpaired) electrons. The lowest BCUT2D eigenvalue weighted by Crippen LogP contribution is -2.54. The second-order valence-corrected chi connectivity index (χ2v) is 7.32. The maximum absolute atomic E-state index is 4.44. The van der Waals surface area contributed by atoms with Crippen LogP contribution in [0.3, 0.4) is 0 Å². The molecule has 0 aromatic carbocycles. The van der Waals surface area contributed by atoms with E-state index in [0.29, 0.717) is 12.0 Å². The fourth-order valence-electron chi connectivity index (χ4n) is 3.57. The molecule has 2 atom stereocenters. The van der Waals surface area contributed by atoms with Crippen molar-refractivity contribution >= 4 is 0 Å². The van der Waals surface area contributed by atoms with Gasteiger partial charge in [0.1, 0.15) is 0 Å². The maximum atomic E-state index is 4.44. The van der Waals surface area contributed by atoms with Gasteiger partial charge >= 0.3 is 0 Å². The maximum Gasteiger partial charge on any atom is 0.0738 e. The van der Waals surface area contributed by atoms with E-state index >= 15 is 0 Å². The number of hydrogen-bond acceptors (Lipinski definition) is 5. The van der Waals surface area contributed by atoms with Crippen LogP contribution in [-0.4, -0.2) is 55.5 Å². The Labute approximate surface area is 150 Å². The molecular weight excluding hydrogens is 312 g/mol. The summed E-state index contributed by atoms with van der Waals surface area (Å²) >= 11 is 0. The van der Waals surface area contributed by atoms with Crippen LogP contribution < -0.4 is 0 Å². The summed E-state index contributed by atoms with van der Waals surface area (Å²) in [5.41, 5.74) is 3.57. The van der Waals surface area contributed by atoms with Crippen molar-refractivity contribution in [3.63, 3.8) is 0 Å². The molecule has 6 nitrogen and oxygen atoms in total. The Hall–Kier alpha value is -1.79. The Morgan fingerprint density at radius 2 is 2.04 bits per heavy atom. The van der Waals surface area contributed by atoms with Crippen LogP contribution in [0, 0.1) is 12.8 Å². The molecule has 1 aliphatic heterocycles. The van der Waals surface area contributed by atoms with E-state index < -0.39 is 0 Å². The third-order valence-corrected chi connectivity index (χ3v) is 5.47. The van der Waals surface area contributed by atoms with Crippen molar-refractivity contribution in [2.75, 3.05) is 19.6 Å². The molecule has 3 heterocycles. The van der Waals surface area contributed by atoms with E-state index in [1.54, 1.807) is 0 Å². The molecule has 1 fully saturated rings. The SMILES string of the molecule is CC[C@@H](C)[C@@H]1CN(Cc2ccc(C)nc2)CCN1Cc1cnnn1C. The minimum Gasteiger partial charge on any atom is -0.296 e. The predicted molar refractivity (Wildman–Crippen MR) is 98.9 cm³/mol. The standard InChI is InChI=1S/C19H30N6/c1-5-15(2)19-14-24(12-17-7-6-16(3)20-10-17)8-9-25(19)13-18-11-21-22-23(18)4/h6-7,10-11,15,19H,5,8-9,12-14H2,1-4H3/t15-,19+/m1/s1. The molecule has 0 aliphatic carbocycles. The molecule has 6 heteroatoms. The van der Waals surface area contributed by atoms with E-state index in [1.807, 2.05) is 31.0 Å². The van der Waals surface area contributed by atoms with Crippen molar-refractivity contribution in [1.82, 2.24) is 29.8 Å². The van der Waals surface area contributed by atoms with Gasteiger partial charge in [-0.3, -0.25) is 19.5 Å². The highest BCUT2D eigenvalue weighted by atomic mass is 15.4. The van der Waals surface area contributed by atoms with E-state index in [-0.39, 0.29) is 0 Å². The van der Waals surface area contributed by atoms with E-state index in [0.717, 1.165) is 38.4 Å². The number of hydrogen-bond donors (Lipinski definition) is 0. The summed E-state index contributed by atoms with van der Waals surface area (Å²) < 4.78 is 1.89. The van der Waals surface area contributed by atoms with Gasteiger partial charge in [0.05, 0.1) is 11.9 Å². The highest BCUT2D eigenvalue weighted by Gasteiger charge is 2.30. The predicted octanol–water partition coefficient (Wildman–Crippen LogP) is 2.25. The molecule has 1 aliphatic rings. The molecule has 0 amide bonds. The van der Waals surface area contributed by atoms with Crippen molar-refractivity contribution < 1.29 is 0 Å². The highest BCUT2D eigenvalue weighted by Crippen LogP contribution is 2.23. The Morgan fingerprint density at radius 1 is 1.20 bits per heavy atom. The number of aryl methyl sites for hydroxylation is 2. The first-order valence-electron chi connectivity index (χ1n) is 9.28. The molecule has 2 aromatic heterocycles. The summed E-state index contributed by atoms with van der Waals surface area (Å²) in [5, 5.41) is 8.10. The lowest BCUT2D eigenvalue weighted by molar-refractivity contribution is 0.0338. The monoisotopic (exact) mass is 342 g/mol. The molecule has 25 heavy (non-hydrogen) atoms. The van der Waals surface area contributed by atoms with Crippen LogP contribution in [0.15, 0.2) is 24.5 Å². The average molecular weight is 342 g/mol. The van der Waals surface area contributed by atoms with Crippen molar-refractivity contribution in [2.24, 2.45) is 13.0 Å². The molecule has 0 unspecified atom stereocenters. The van der Waals surface area contributed by atoms with Gasteiger partial charge in [-0.25, -0.2) is 0 Å². The quantitative estimate of drug-likeness (QED) is 0.806. The first-order chi connectivity index (χ1) is 12.1. The summed E-state index contributed by atoms with van der Waals surface area (Å²) in [6.45, 7) is 11.9. The van der Waals surface area contributed by atoms with E-state index in [2.05, 4.69) is 51.1 Å². The fraction of sp³-hybridized carbons (Fsp3) is 0.632. The van der Waals surface area contributed by atoms with Gasteiger partial charge in [0.15, 0.2) is 0 Å². The van der Waals surface area contributed by atoms with Crippen LogP contribution >= 0.6 is 0 Å². The second-order valence-electron chi connectivity index (χ2n) is 7.32. The third-order valence-electron chi connectivity index (χ3n) is 5.47. The van der Waals surface area contributed by atoms with Gasteiger partial charge < -0.3 is 0 Å². The van der Waals surface area contributed by atoms with Crippen LogP contribution in [0.25, 0.3) is 0 Å². The highest BCUT2D eigenvalue weighted by molar-refractivity contribution is 5.13. The van der Waals surface area contributed by atoms with Crippen LogP contribution in [0.2, 0.25) is 0 Å². The zero-order chi connectivity index (χ0) is 17.8. The minimum atomic E-state index is 0.562. The van der Waals surface area contributed by atoms with Crippen molar-refractivity contribution in [2.45, 2.75) is 46.3 Å². The molecule has 0 spiro atoms. The molecule has 2 aromatic rings. The Bertz CT molecular complexity index is 665. The van der Waals surface area contributed by atoms with Crippen molar-refractivity contribution in [1.29, 1.82) is 0 Å². The summed E-state index contributed by atoms with van der Waals surface area (Å²) in [5.74, 6) is 0.667. The third kappa shape index (κ3) is 4.44. The largest absolute Gasteiger partial charge is 0.296 e. The smallest absolute Gasteiger partial charge is 0.0738 e. The van der Waals surface area contributed by atoms with E-state index in [1.165, 1.54) is 17.7 Å². The molecule has 0 bridgehead atoms. The Kier molecular flexibility index (Phi) is 5.81. The lowest BCUT2D eigenvalue weighted by atomic mass is 9.94. The van der Waals surface area contributed by atoms with Crippen LogP contribution in [0.1, 0.15) is 37.2 Å². The minimum absolute atomic E-state index is 0.562. The summed E-state index contributed by atoms with van der Waals surface area (Å²) in [4.78, 5) is 9.61. The van der Waals surface area contributed by atoms with Gasteiger partial charge in [-0.15, -0.1) is 5.10 Å². The molecule has 0 N–H and O–H groups in total. The van der Waals surface area contributed by atoms with Gasteiger partial charge in [-0.05, 0) is 24.5 Å². The van der Waals surface area contributed by atoms with E-state index in [4.69, 9.17) is 0 Å². The zero-order valence-corrected chi connectivity index (χ0v) is 15.9. The van der Waals surface area contributed by atoms with Crippen molar-refractivity contribution in [3.8, 4) is 0 Å². The van der Waals surface area contributed by atoms with Gasteiger partial charge in [-0.2, -0.15) is 0 Å². The van der Waals surface area contributed by atoms with Crippen LogP contribution in [0.5, 0.6) is 0 Å². The lowest BCUT2D eigenvalue weighted by Gasteiger charge is -2.44. The molecule has 1 saturated heterocycles. The first-order valence-corrected chi connectivity index (χ1v) is 9.28. The van der Waals surface area contributed by atoms with E-state index in [9.17, 15) is 0 Å². The van der Waals surface area contributed by atoms with Crippen LogP contribution in [0.4, 0.5) is 0 Å². The number of pyridine rings is 1. The van der Waals surface area contributed by atoms with Gasteiger partial charge in [0.25, 0.3) is 0 Å². The molecule has 0 saturated carbocycles. The molecular formula is C19H30N6. The fourth-order valence-corrected chi connectivity index (χ4v) is 3.57. The Morgan fingerprint density at radius 3 is 2.68 bits per heavy atom. The van der Waals surface area contributed by atoms with Gasteiger partial charge in [0.2, 0.25) is 0 Å². The van der Waals surface area contributed by atoms with Crippen molar-refractivity contribution in [3.05, 3.63) is 41.5 Å². The normalized spacial score (nSPS) is 20.7. The Balaban J connectivity index is 1.67. The number of nitrogens with zero attached hydrogens (tertiary/aromatic N) is 6. The number of aromatic nitrogens is 4. The summed E-state index contributed by atoms with van der Waals surface area (Å²) in [6, 6.07) is 4.87. The molecule has 3 rings (SSSR count). The summed E-state index contributed by atoms with van der Waals surface area (Å²) in [6.07, 6.45) is 5.10. The number of rotatable bonds is 6. The number of piperazine rings is 1. The summed E-state index contributed by atoms with van der Waals surface area (Å²) in [7, 11) is 1.97. The zero-order valence-electron chi connectivity index (χ0n) is 15.9. The second kappa shape index (κ2) is 8.06. The topological polar surface area (TPSA) is 50.1 Å².